The maximum atomic E-state index is 12.0. The molecule has 2 aliphatic rings. The van der Waals surface area contributed by atoms with E-state index in [1.54, 1.807) is 23.1 Å². The number of hydrogen-bond acceptors (Lipinski definition) is 5. The van der Waals surface area contributed by atoms with Crippen molar-refractivity contribution in [2.45, 2.75) is 11.3 Å². The van der Waals surface area contributed by atoms with Gasteiger partial charge in [0.25, 0.3) is 5.91 Å². The van der Waals surface area contributed by atoms with Crippen LogP contribution in [0.5, 0.6) is 0 Å². The Labute approximate surface area is 154 Å². The minimum absolute atomic E-state index is 0.0163. The Morgan fingerprint density at radius 1 is 1.38 bits per heavy atom. The zero-order valence-corrected chi connectivity index (χ0v) is 15.8. The monoisotopic (exact) mass is 408 g/mol. The number of carbonyl (C=O) groups excluding carboxylic acids is 1. The number of ether oxygens (including phenoxy) is 1. The molecule has 0 unspecified atom stereocenters. The number of benzene rings is 1. The Morgan fingerprint density at radius 2 is 2.12 bits per heavy atom. The molecule has 0 spiro atoms. The van der Waals surface area contributed by atoms with Crippen LogP contribution < -0.4 is 4.90 Å². The number of anilines is 1. The molecule has 1 amide bonds. The second kappa shape index (κ2) is 6.84. The lowest BCUT2D eigenvalue weighted by atomic mass is 10.2. The summed E-state index contributed by atoms with van der Waals surface area (Å²) in [5.41, 5.74) is 0.658. The molecule has 6 nitrogen and oxygen atoms in total. The first-order valence-corrected chi connectivity index (χ1v) is 10.5. The molecule has 2 saturated heterocycles. The molecule has 0 aliphatic carbocycles. The van der Waals surface area contributed by atoms with E-state index in [-0.39, 0.29) is 29.4 Å². The van der Waals surface area contributed by atoms with Crippen molar-refractivity contribution in [1.29, 1.82) is 0 Å². The van der Waals surface area contributed by atoms with Crippen molar-refractivity contribution >= 4 is 61.6 Å². The van der Waals surface area contributed by atoms with Gasteiger partial charge in [-0.2, -0.15) is 4.99 Å². The summed E-state index contributed by atoms with van der Waals surface area (Å²) >= 11 is 13.3. The predicted molar refractivity (Wildman–Crippen MR) is 97.1 cm³/mol. The molecule has 2 fully saturated rings. The van der Waals surface area contributed by atoms with E-state index in [2.05, 4.69) is 4.99 Å². The van der Waals surface area contributed by atoms with Gasteiger partial charge in [0.1, 0.15) is 6.61 Å². The highest BCUT2D eigenvalue weighted by molar-refractivity contribution is 8.16. The van der Waals surface area contributed by atoms with Crippen LogP contribution in [0, 0.1) is 0 Å². The van der Waals surface area contributed by atoms with Crippen LogP contribution in [0.2, 0.25) is 10.0 Å². The number of fused-ring (bicyclic) bond motifs is 1. The van der Waals surface area contributed by atoms with Gasteiger partial charge >= 0.3 is 0 Å². The number of sulfone groups is 1. The van der Waals surface area contributed by atoms with Crippen LogP contribution in [0.3, 0.4) is 0 Å². The van der Waals surface area contributed by atoms with Crippen LogP contribution in [0.1, 0.15) is 0 Å². The summed E-state index contributed by atoms with van der Waals surface area (Å²) in [4.78, 5) is 17.7. The lowest BCUT2D eigenvalue weighted by Crippen LogP contribution is -2.37. The first-order valence-electron chi connectivity index (χ1n) is 7.02. The van der Waals surface area contributed by atoms with Crippen LogP contribution in [-0.2, 0) is 19.4 Å². The van der Waals surface area contributed by atoms with Crippen molar-refractivity contribution in [2.24, 2.45) is 4.99 Å². The van der Waals surface area contributed by atoms with Crippen molar-refractivity contribution < 1.29 is 17.9 Å². The number of nitrogens with zero attached hydrogens (tertiary/aromatic N) is 2. The highest BCUT2D eigenvalue weighted by Crippen LogP contribution is 2.42. The third-order valence-electron chi connectivity index (χ3n) is 3.74. The highest BCUT2D eigenvalue weighted by Gasteiger charge is 2.49. The smallest absolute Gasteiger partial charge is 0.274 e. The van der Waals surface area contributed by atoms with Crippen molar-refractivity contribution in [3.8, 4) is 0 Å². The van der Waals surface area contributed by atoms with Gasteiger partial charge in [-0.15, -0.1) is 0 Å². The third-order valence-corrected chi connectivity index (χ3v) is 7.68. The molecule has 0 saturated carbocycles. The summed E-state index contributed by atoms with van der Waals surface area (Å²) in [5.74, 6) is -0.340. The van der Waals surface area contributed by atoms with Crippen LogP contribution in [0.15, 0.2) is 23.2 Å². The van der Waals surface area contributed by atoms with E-state index in [4.69, 9.17) is 27.9 Å². The van der Waals surface area contributed by atoms with E-state index in [0.29, 0.717) is 20.9 Å². The number of amides is 1. The molecular formula is C14H14Cl2N2O4S2. The van der Waals surface area contributed by atoms with E-state index >= 15 is 0 Å². The largest absolute Gasteiger partial charge is 0.375 e. The fourth-order valence-electron chi connectivity index (χ4n) is 2.76. The summed E-state index contributed by atoms with van der Waals surface area (Å²) in [5, 5.41) is 1.04. The average molecular weight is 409 g/mol. The summed E-state index contributed by atoms with van der Waals surface area (Å²) in [6.45, 7) is -0.132. The molecule has 2 heterocycles. The minimum atomic E-state index is -3.11. The van der Waals surface area contributed by atoms with Gasteiger partial charge < -0.3 is 9.64 Å². The van der Waals surface area contributed by atoms with E-state index in [9.17, 15) is 13.2 Å². The maximum Gasteiger partial charge on any atom is 0.274 e. The fourth-order valence-corrected chi connectivity index (χ4v) is 6.99. The predicted octanol–water partition coefficient (Wildman–Crippen LogP) is 2.24. The van der Waals surface area contributed by atoms with Gasteiger partial charge in [0, 0.05) is 18.0 Å². The zero-order chi connectivity index (χ0) is 17.5. The Bertz CT molecular complexity index is 813. The van der Waals surface area contributed by atoms with Gasteiger partial charge in [-0.1, -0.05) is 35.0 Å². The first kappa shape index (κ1) is 18.0. The average Bonchev–Trinajstić information content (AvgIpc) is 2.93. The van der Waals surface area contributed by atoms with Crippen molar-refractivity contribution in [3.63, 3.8) is 0 Å². The number of carbonyl (C=O) groups is 1. The minimum Gasteiger partial charge on any atom is -0.375 e. The van der Waals surface area contributed by atoms with Crippen LogP contribution >= 0.6 is 35.0 Å². The van der Waals surface area contributed by atoms with Gasteiger partial charge in [-0.3, -0.25) is 4.79 Å². The second-order valence-corrected chi connectivity index (χ2v) is 9.66. The molecule has 10 heteroatoms. The van der Waals surface area contributed by atoms with Crippen molar-refractivity contribution in [3.05, 3.63) is 28.2 Å². The van der Waals surface area contributed by atoms with E-state index < -0.39 is 15.7 Å². The number of rotatable bonds is 3. The van der Waals surface area contributed by atoms with Crippen molar-refractivity contribution in [2.75, 3.05) is 30.1 Å². The first-order chi connectivity index (χ1) is 11.3. The van der Waals surface area contributed by atoms with Crippen LogP contribution in [0.4, 0.5) is 5.69 Å². The fraction of sp³-hybridized carbons (Fsp3) is 0.429. The lowest BCUT2D eigenvalue weighted by Gasteiger charge is -2.24. The standard InChI is InChI=1S/C14H14Cl2N2O4S2/c1-22-5-13(19)17-14-18(8-2-3-9(15)10(16)4-8)11-6-24(20,21)7-12(11)23-14/h2-4,11-12H,5-7H2,1H3/t11-,12-/m1/s1. The molecule has 1 aromatic rings. The zero-order valence-electron chi connectivity index (χ0n) is 12.6. The molecule has 24 heavy (non-hydrogen) atoms. The molecule has 0 N–H and O–H groups in total. The van der Waals surface area contributed by atoms with Gasteiger partial charge in [0.05, 0.1) is 27.6 Å². The van der Waals surface area contributed by atoms with Crippen LogP contribution in [-0.4, -0.2) is 56.0 Å². The Morgan fingerprint density at radius 3 is 2.79 bits per heavy atom. The summed E-state index contributed by atoms with van der Waals surface area (Å²) in [6, 6.07) is 4.73. The Hall–Kier alpha value is -0.800. The third kappa shape index (κ3) is 3.57. The molecule has 2 atom stereocenters. The Balaban J connectivity index is 2.01. The Kier molecular flexibility index (Phi) is 5.13. The van der Waals surface area contributed by atoms with Gasteiger partial charge in [-0.05, 0) is 18.2 Å². The lowest BCUT2D eigenvalue weighted by molar-refractivity contribution is -0.121. The number of halogens is 2. The molecule has 0 radical (unpaired) electrons. The highest BCUT2D eigenvalue weighted by atomic mass is 35.5. The van der Waals surface area contributed by atoms with Crippen molar-refractivity contribution in [1.82, 2.24) is 0 Å². The van der Waals surface area contributed by atoms with Gasteiger partial charge in [0.2, 0.25) is 0 Å². The van der Waals surface area contributed by atoms with Crippen LogP contribution in [0.25, 0.3) is 0 Å². The number of methoxy groups -OCH3 is 1. The van der Waals surface area contributed by atoms with E-state index in [1.165, 1.54) is 18.9 Å². The normalized spacial score (nSPS) is 26.8. The summed E-state index contributed by atoms with van der Waals surface area (Å²) < 4.78 is 28.7. The molecule has 2 aliphatic heterocycles. The second-order valence-electron chi connectivity index (χ2n) is 5.49. The SMILES string of the molecule is COCC(=O)N=C1S[C@@H]2CS(=O)(=O)C[C@H]2N1c1ccc(Cl)c(Cl)c1. The quantitative estimate of drug-likeness (QED) is 0.762. The molecule has 130 valence electrons. The summed E-state index contributed by atoms with van der Waals surface area (Å²) in [7, 11) is -1.70. The molecule has 3 rings (SSSR count). The summed E-state index contributed by atoms with van der Waals surface area (Å²) in [6.07, 6.45) is 0. The number of amidine groups is 1. The topological polar surface area (TPSA) is 76.0 Å². The maximum absolute atomic E-state index is 12.0. The molecule has 0 aromatic heterocycles. The number of thioether (sulfide) groups is 1. The molecular weight excluding hydrogens is 395 g/mol. The molecule has 1 aromatic carbocycles. The van der Waals surface area contributed by atoms with E-state index in [1.807, 2.05) is 0 Å². The van der Waals surface area contributed by atoms with Gasteiger partial charge in [-0.25, -0.2) is 8.42 Å². The van der Waals surface area contributed by atoms with Gasteiger partial charge in [0.15, 0.2) is 15.0 Å². The number of aliphatic imine (C=N–C) groups is 1. The number of hydrogen-bond donors (Lipinski definition) is 0. The van der Waals surface area contributed by atoms with E-state index in [0.717, 1.165) is 0 Å². The molecule has 0 bridgehead atoms.